The molecular weight excluding hydrogens is 349 g/mol. The zero-order valence-electron chi connectivity index (χ0n) is 15.3. The monoisotopic (exact) mass is 371 g/mol. The number of likely N-dealkylation sites (N-methyl/N-ethyl adjacent to an activating group) is 1. The zero-order valence-corrected chi connectivity index (χ0v) is 15.3. The Morgan fingerprint density at radius 3 is 2.74 bits per heavy atom. The molecule has 1 aliphatic rings. The third-order valence-electron chi connectivity index (χ3n) is 4.47. The summed E-state index contributed by atoms with van der Waals surface area (Å²) in [7, 11) is 3.82. The highest BCUT2D eigenvalue weighted by Gasteiger charge is 2.21. The van der Waals surface area contributed by atoms with Gasteiger partial charge >= 0.3 is 11.8 Å². The molecule has 0 aromatic heterocycles. The fraction of sp³-hybridized carbons (Fsp3) is 0.300. The summed E-state index contributed by atoms with van der Waals surface area (Å²) in [5.74, 6) is -1.19. The van der Waals surface area contributed by atoms with Gasteiger partial charge in [0.1, 0.15) is 11.6 Å². The topological polar surface area (TPSA) is 70.7 Å². The minimum Gasteiger partial charge on any atom is -0.493 e. The fourth-order valence-corrected chi connectivity index (χ4v) is 3.04. The van der Waals surface area contributed by atoms with E-state index in [4.69, 9.17) is 4.74 Å². The van der Waals surface area contributed by atoms with Crippen molar-refractivity contribution in [2.45, 2.75) is 12.5 Å². The average molecular weight is 371 g/mol. The van der Waals surface area contributed by atoms with Crippen molar-refractivity contribution in [3.63, 3.8) is 0 Å². The van der Waals surface area contributed by atoms with Crippen LogP contribution in [0, 0.1) is 5.82 Å². The predicted octanol–water partition coefficient (Wildman–Crippen LogP) is 2.12. The van der Waals surface area contributed by atoms with Gasteiger partial charge in [-0.25, -0.2) is 4.39 Å². The summed E-state index contributed by atoms with van der Waals surface area (Å²) >= 11 is 0. The van der Waals surface area contributed by atoms with Gasteiger partial charge in [0.2, 0.25) is 0 Å². The van der Waals surface area contributed by atoms with Crippen LogP contribution in [0.25, 0.3) is 0 Å². The summed E-state index contributed by atoms with van der Waals surface area (Å²) in [5.41, 5.74) is 2.42. The number of fused-ring (bicyclic) bond motifs is 1. The Kier molecular flexibility index (Phi) is 5.71. The van der Waals surface area contributed by atoms with Gasteiger partial charge in [0.05, 0.1) is 12.6 Å². The van der Waals surface area contributed by atoms with Crippen LogP contribution in [0.2, 0.25) is 0 Å². The van der Waals surface area contributed by atoms with E-state index in [1.807, 2.05) is 31.1 Å². The van der Waals surface area contributed by atoms with E-state index in [0.29, 0.717) is 6.61 Å². The Morgan fingerprint density at radius 2 is 2.00 bits per heavy atom. The summed E-state index contributed by atoms with van der Waals surface area (Å²) in [6.07, 6.45) is 0.867. The van der Waals surface area contributed by atoms with Crippen LogP contribution in [0.5, 0.6) is 5.75 Å². The molecule has 2 N–H and O–H groups in total. The van der Waals surface area contributed by atoms with Gasteiger partial charge in [0.25, 0.3) is 0 Å². The molecule has 0 saturated carbocycles. The number of hydrogen-bond acceptors (Lipinski definition) is 4. The third kappa shape index (κ3) is 4.62. The lowest BCUT2D eigenvalue weighted by Crippen LogP contribution is -2.40. The van der Waals surface area contributed by atoms with E-state index in [2.05, 4.69) is 16.7 Å². The van der Waals surface area contributed by atoms with E-state index in [-0.39, 0.29) is 18.3 Å². The first-order chi connectivity index (χ1) is 12.9. The summed E-state index contributed by atoms with van der Waals surface area (Å²) < 4.78 is 18.7. The summed E-state index contributed by atoms with van der Waals surface area (Å²) in [6.45, 7) is 0.949. The Balaban J connectivity index is 1.62. The van der Waals surface area contributed by atoms with Gasteiger partial charge in [0.15, 0.2) is 0 Å². The highest BCUT2D eigenvalue weighted by Crippen LogP contribution is 2.29. The van der Waals surface area contributed by atoms with Crippen molar-refractivity contribution in [2.75, 3.05) is 32.6 Å². The first-order valence-electron chi connectivity index (χ1n) is 8.71. The fourth-order valence-electron chi connectivity index (χ4n) is 3.04. The second-order valence-corrected chi connectivity index (χ2v) is 6.62. The third-order valence-corrected chi connectivity index (χ3v) is 4.47. The number of benzene rings is 2. The first-order valence-corrected chi connectivity index (χ1v) is 8.71. The normalized spacial score (nSPS) is 13.6. The van der Waals surface area contributed by atoms with Crippen molar-refractivity contribution in [1.29, 1.82) is 0 Å². The average Bonchev–Trinajstić information content (AvgIpc) is 3.09. The lowest BCUT2D eigenvalue weighted by atomic mass is 10.0. The highest BCUT2D eigenvalue weighted by atomic mass is 19.1. The molecule has 0 fully saturated rings. The minimum absolute atomic E-state index is 0.0955. The van der Waals surface area contributed by atoms with Gasteiger partial charge in [-0.15, -0.1) is 0 Å². The van der Waals surface area contributed by atoms with Crippen LogP contribution in [0.3, 0.4) is 0 Å². The molecule has 6 nitrogen and oxygen atoms in total. The van der Waals surface area contributed by atoms with Crippen molar-refractivity contribution >= 4 is 17.5 Å². The number of carbonyl (C=O) groups is 2. The van der Waals surface area contributed by atoms with E-state index < -0.39 is 17.6 Å². The van der Waals surface area contributed by atoms with Crippen LogP contribution >= 0.6 is 0 Å². The van der Waals surface area contributed by atoms with Gasteiger partial charge in [-0.05, 0) is 49.5 Å². The van der Waals surface area contributed by atoms with Crippen molar-refractivity contribution < 1.29 is 18.7 Å². The quantitative estimate of drug-likeness (QED) is 0.790. The van der Waals surface area contributed by atoms with Gasteiger partial charge in [-0.3, -0.25) is 9.59 Å². The lowest BCUT2D eigenvalue weighted by Gasteiger charge is -2.25. The molecular formula is C20H22FN3O3. The summed E-state index contributed by atoms with van der Waals surface area (Å²) in [4.78, 5) is 26.1. The van der Waals surface area contributed by atoms with Crippen molar-refractivity contribution in [2.24, 2.45) is 0 Å². The molecule has 0 spiro atoms. The van der Waals surface area contributed by atoms with Crippen LogP contribution in [-0.2, 0) is 16.0 Å². The van der Waals surface area contributed by atoms with E-state index in [0.717, 1.165) is 29.4 Å². The van der Waals surface area contributed by atoms with E-state index in [1.165, 1.54) is 18.2 Å². The molecule has 1 aliphatic heterocycles. The Morgan fingerprint density at radius 1 is 1.19 bits per heavy atom. The van der Waals surface area contributed by atoms with Crippen molar-refractivity contribution in [1.82, 2.24) is 10.2 Å². The van der Waals surface area contributed by atoms with Gasteiger partial charge in [-0.2, -0.15) is 0 Å². The maximum Gasteiger partial charge on any atom is 0.313 e. The molecule has 1 atom stereocenters. The second-order valence-electron chi connectivity index (χ2n) is 6.62. The highest BCUT2D eigenvalue weighted by molar-refractivity contribution is 6.39. The van der Waals surface area contributed by atoms with Gasteiger partial charge < -0.3 is 20.3 Å². The molecule has 2 amide bonds. The van der Waals surface area contributed by atoms with Crippen molar-refractivity contribution in [3.05, 3.63) is 59.4 Å². The Hall–Kier alpha value is -2.93. The number of anilines is 1. The standard InChI is InChI=1S/C20H22FN3O3/c1-24(2)17(13-6-7-18-14(10-13)8-9-27-18)12-22-19(25)20(26)23-16-5-3-4-15(21)11-16/h3-7,10-11,17H,8-9,12H2,1-2H3,(H,22,25)(H,23,26). The number of nitrogens with one attached hydrogen (secondary N) is 2. The Bertz CT molecular complexity index is 854. The second kappa shape index (κ2) is 8.18. The van der Waals surface area contributed by atoms with E-state index in [9.17, 15) is 14.0 Å². The zero-order chi connectivity index (χ0) is 19.4. The predicted molar refractivity (Wildman–Crippen MR) is 100 cm³/mol. The maximum absolute atomic E-state index is 13.2. The Labute approximate surface area is 157 Å². The van der Waals surface area contributed by atoms with E-state index >= 15 is 0 Å². The summed E-state index contributed by atoms with van der Waals surface area (Å²) in [6, 6.07) is 11.3. The SMILES string of the molecule is CN(C)C(CNC(=O)C(=O)Nc1cccc(F)c1)c1ccc2c(c1)CCO2. The van der Waals surface area contributed by atoms with Crippen molar-refractivity contribution in [3.8, 4) is 5.75 Å². The molecule has 2 aromatic carbocycles. The lowest BCUT2D eigenvalue weighted by molar-refractivity contribution is -0.136. The molecule has 0 aliphatic carbocycles. The minimum atomic E-state index is -0.833. The number of ether oxygens (including phenoxy) is 1. The number of rotatable bonds is 5. The van der Waals surface area contributed by atoms with E-state index in [1.54, 1.807) is 0 Å². The molecule has 0 radical (unpaired) electrons. The molecule has 3 rings (SSSR count). The van der Waals surface area contributed by atoms with Crippen LogP contribution in [0.1, 0.15) is 17.2 Å². The van der Waals surface area contributed by atoms with Gasteiger partial charge in [-0.1, -0.05) is 18.2 Å². The molecule has 27 heavy (non-hydrogen) atoms. The molecule has 0 bridgehead atoms. The number of nitrogens with zero attached hydrogens (tertiary/aromatic N) is 1. The molecule has 7 heteroatoms. The molecule has 1 unspecified atom stereocenters. The number of halogens is 1. The molecule has 1 heterocycles. The van der Waals surface area contributed by atoms with Crippen LogP contribution in [0.4, 0.5) is 10.1 Å². The molecule has 2 aromatic rings. The number of amides is 2. The molecule has 0 saturated heterocycles. The number of carbonyl (C=O) groups excluding carboxylic acids is 2. The van der Waals surface area contributed by atoms with Crippen LogP contribution < -0.4 is 15.4 Å². The summed E-state index contributed by atoms with van der Waals surface area (Å²) in [5, 5.41) is 5.04. The number of hydrogen-bond donors (Lipinski definition) is 2. The smallest absolute Gasteiger partial charge is 0.313 e. The first kappa shape index (κ1) is 18.8. The van der Waals surface area contributed by atoms with Crippen LogP contribution in [-0.4, -0.2) is 44.0 Å². The molecule has 142 valence electrons. The van der Waals surface area contributed by atoms with Crippen LogP contribution in [0.15, 0.2) is 42.5 Å². The largest absolute Gasteiger partial charge is 0.493 e. The van der Waals surface area contributed by atoms with Gasteiger partial charge in [0, 0.05) is 18.7 Å². The maximum atomic E-state index is 13.2.